The molecule has 0 N–H and O–H groups in total. The van der Waals surface area contributed by atoms with E-state index in [0.29, 0.717) is 45.2 Å². The van der Waals surface area contributed by atoms with Crippen LogP contribution in [0.4, 0.5) is 0 Å². The molecule has 0 atom stereocenters. The van der Waals surface area contributed by atoms with Crippen molar-refractivity contribution in [2.75, 3.05) is 7.05 Å². The van der Waals surface area contributed by atoms with E-state index in [0.717, 1.165) is 5.56 Å². The SMILES string of the molecule is CN(Cc1nc(-c2ccccc2Cl)no1)C(=O)CCc1ccc(Cl)cc1Cl. The molecular weight excluding hydrogens is 409 g/mol. The first-order valence-corrected chi connectivity index (χ1v) is 9.33. The van der Waals surface area contributed by atoms with Crippen molar-refractivity contribution in [1.82, 2.24) is 15.0 Å². The normalized spacial score (nSPS) is 10.8. The van der Waals surface area contributed by atoms with E-state index >= 15 is 0 Å². The summed E-state index contributed by atoms with van der Waals surface area (Å²) >= 11 is 18.2. The maximum absolute atomic E-state index is 12.4. The fourth-order valence-corrected chi connectivity index (χ4v) is 3.24. The Labute approximate surface area is 171 Å². The Morgan fingerprint density at radius 1 is 1.11 bits per heavy atom. The van der Waals surface area contributed by atoms with E-state index < -0.39 is 0 Å². The highest BCUT2D eigenvalue weighted by Gasteiger charge is 2.16. The van der Waals surface area contributed by atoms with Gasteiger partial charge in [0.25, 0.3) is 0 Å². The maximum atomic E-state index is 12.4. The minimum atomic E-state index is -0.0569. The van der Waals surface area contributed by atoms with Crippen LogP contribution in [0.2, 0.25) is 15.1 Å². The summed E-state index contributed by atoms with van der Waals surface area (Å²) in [6, 6.07) is 12.5. The van der Waals surface area contributed by atoms with Gasteiger partial charge in [-0.15, -0.1) is 0 Å². The standard InChI is InChI=1S/C19H16Cl3N3O2/c1-25(18(26)9-7-12-6-8-13(20)10-16(12)22)11-17-23-19(24-27-17)14-4-2-3-5-15(14)21/h2-6,8,10H,7,9,11H2,1H3. The average Bonchev–Trinajstić information content (AvgIpc) is 3.09. The molecule has 1 aromatic heterocycles. The maximum Gasteiger partial charge on any atom is 0.246 e. The molecule has 1 amide bonds. The van der Waals surface area contributed by atoms with E-state index in [4.69, 9.17) is 39.3 Å². The van der Waals surface area contributed by atoms with Crippen LogP contribution in [0.5, 0.6) is 0 Å². The van der Waals surface area contributed by atoms with E-state index in [-0.39, 0.29) is 12.5 Å². The number of carbonyl (C=O) groups excluding carboxylic acids is 1. The highest BCUT2D eigenvalue weighted by atomic mass is 35.5. The van der Waals surface area contributed by atoms with Gasteiger partial charge in [-0.2, -0.15) is 4.98 Å². The van der Waals surface area contributed by atoms with Gasteiger partial charge in [-0.3, -0.25) is 4.79 Å². The molecular formula is C19H16Cl3N3O2. The first-order chi connectivity index (χ1) is 12.9. The zero-order valence-corrected chi connectivity index (χ0v) is 16.7. The number of carbonyl (C=O) groups is 1. The molecule has 27 heavy (non-hydrogen) atoms. The van der Waals surface area contributed by atoms with Crippen molar-refractivity contribution >= 4 is 40.7 Å². The number of hydrogen-bond donors (Lipinski definition) is 0. The summed E-state index contributed by atoms with van der Waals surface area (Å²) in [5.74, 6) is 0.674. The molecule has 0 saturated heterocycles. The van der Waals surface area contributed by atoms with Crippen molar-refractivity contribution in [3.8, 4) is 11.4 Å². The van der Waals surface area contributed by atoms with Crippen LogP contribution in [0.25, 0.3) is 11.4 Å². The minimum absolute atomic E-state index is 0.0569. The summed E-state index contributed by atoms with van der Waals surface area (Å²) in [6.07, 6.45) is 0.831. The fraction of sp³-hybridized carbons (Fsp3) is 0.211. The lowest BCUT2D eigenvalue weighted by molar-refractivity contribution is -0.130. The number of hydrogen-bond acceptors (Lipinski definition) is 4. The molecule has 0 unspecified atom stereocenters. The molecule has 8 heteroatoms. The number of amides is 1. The predicted octanol–water partition coefficient (Wildman–Crippen LogP) is 5.29. The Morgan fingerprint density at radius 2 is 1.89 bits per heavy atom. The van der Waals surface area contributed by atoms with Crippen LogP contribution in [-0.2, 0) is 17.8 Å². The zero-order valence-electron chi connectivity index (χ0n) is 14.5. The molecule has 140 valence electrons. The first-order valence-electron chi connectivity index (χ1n) is 8.19. The third-order valence-corrected chi connectivity index (χ3v) is 4.92. The molecule has 0 aliphatic rings. The lowest BCUT2D eigenvalue weighted by atomic mass is 10.1. The predicted molar refractivity (Wildman–Crippen MR) is 106 cm³/mol. The summed E-state index contributed by atoms with van der Waals surface area (Å²) < 4.78 is 5.24. The number of aromatic nitrogens is 2. The monoisotopic (exact) mass is 423 g/mol. The van der Waals surface area contributed by atoms with Gasteiger partial charge in [0, 0.05) is 29.1 Å². The van der Waals surface area contributed by atoms with Crippen molar-refractivity contribution in [3.63, 3.8) is 0 Å². The number of nitrogens with zero attached hydrogens (tertiary/aromatic N) is 3. The lowest BCUT2D eigenvalue weighted by Gasteiger charge is -2.15. The number of rotatable bonds is 6. The summed E-state index contributed by atoms with van der Waals surface area (Å²) in [7, 11) is 1.69. The van der Waals surface area contributed by atoms with Gasteiger partial charge in [-0.1, -0.05) is 58.2 Å². The summed E-state index contributed by atoms with van der Waals surface area (Å²) in [6.45, 7) is 0.213. The lowest BCUT2D eigenvalue weighted by Crippen LogP contribution is -2.26. The molecule has 3 rings (SSSR count). The smallest absolute Gasteiger partial charge is 0.246 e. The second-order valence-corrected chi connectivity index (χ2v) is 7.23. The van der Waals surface area contributed by atoms with Crippen LogP contribution in [0.3, 0.4) is 0 Å². The van der Waals surface area contributed by atoms with Crippen LogP contribution in [0.15, 0.2) is 47.0 Å². The topological polar surface area (TPSA) is 59.2 Å². The fourth-order valence-electron chi connectivity index (χ4n) is 2.52. The highest BCUT2D eigenvalue weighted by molar-refractivity contribution is 6.35. The third-order valence-electron chi connectivity index (χ3n) is 4.00. The molecule has 0 bridgehead atoms. The number of benzene rings is 2. The van der Waals surface area contributed by atoms with Crippen LogP contribution in [0, 0.1) is 0 Å². The molecule has 0 aliphatic carbocycles. The van der Waals surface area contributed by atoms with Crippen molar-refractivity contribution < 1.29 is 9.32 Å². The second kappa shape index (κ2) is 8.74. The van der Waals surface area contributed by atoms with Crippen LogP contribution >= 0.6 is 34.8 Å². The van der Waals surface area contributed by atoms with Gasteiger partial charge in [0.05, 0.1) is 11.6 Å². The van der Waals surface area contributed by atoms with E-state index in [1.165, 1.54) is 4.90 Å². The van der Waals surface area contributed by atoms with Gasteiger partial charge in [-0.05, 0) is 36.2 Å². The molecule has 0 spiro atoms. The van der Waals surface area contributed by atoms with E-state index in [2.05, 4.69) is 10.1 Å². The Kier molecular flexibility index (Phi) is 6.37. The molecule has 0 radical (unpaired) electrons. The van der Waals surface area contributed by atoms with Gasteiger partial charge >= 0.3 is 0 Å². The number of aryl methyl sites for hydroxylation is 1. The van der Waals surface area contributed by atoms with E-state index in [1.54, 1.807) is 25.2 Å². The van der Waals surface area contributed by atoms with E-state index in [9.17, 15) is 4.79 Å². The Balaban J connectivity index is 1.59. The molecule has 5 nitrogen and oxygen atoms in total. The van der Waals surface area contributed by atoms with Gasteiger partial charge in [0.2, 0.25) is 17.6 Å². The van der Waals surface area contributed by atoms with Crippen molar-refractivity contribution in [1.29, 1.82) is 0 Å². The number of halogens is 3. The van der Waals surface area contributed by atoms with Crippen molar-refractivity contribution in [2.45, 2.75) is 19.4 Å². The van der Waals surface area contributed by atoms with Gasteiger partial charge in [0.1, 0.15) is 0 Å². The van der Waals surface area contributed by atoms with Crippen molar-refractivity contribution in [3.05, 3.63) is 69.0 Å². The van der Waals surface area contributed by atoms with Gasteiger partial charge in [-0.25, -0.2) is 0 Å². The second-order valence-electron chi connectivity index (χ2n) is 5.98. The molecule has 0 aliphatic heterocycles. The first kappa shape index (κ1) is 19.7. The molecule has 0 saturated carbocycles. The third kappa shape index (κ3) is 5.01. The summed E-state index contributed by atoms with van der Waals surface area (Å²) in [4.78, 5) is 18.2. The molecule has 3 aromatic rings. The Bertz CT molecular complexity index is 959. The van der Waals surface area contributed by atoms with Crippen LogP contribution in [0.1, 0.15) is 17.9 Å². The Morgan fingerprint density at radius 3 is 2.63 bits per heavy atom. The van der Waals surface area contributed by atoms with Gasteiger partial charge in [0.15, 0.2) is 0 Å². The van der Waals surface area contributed by atoms with Crippen LogP contribution < -0.4 is 0 Å². The zero-order chi connectivity index (χ0) is 19.4. The largest absolute Gasteiger partial charge is 0.337 e. The van der Waals surface area contributed by atoms with Gasteiger partial charge < -0.3 is 9.42 Å². The van der Waals surface area contributed by atoms with Crippen molar-refractivity contribution in [2.24, 2.45) is 0 Å². The highest BCUT2D eigenvalue weighted by Crippen LogP contribution is 2.25. The summed E-state index contributed by atoms with van der Waals surface area (Å²) in [5.41, 5.74) is 1.56. The van der Waals surface area contributed by atoms with Crippen LogP contribution in [-0.4, -0.2) is 28.0 Å². The van der Waals surface area contributed by atoms with E-state index in [1.807, 2.05) is 24.3 Å². The molecule has 2 aromatic carbocycles. The minimum Gasteiger partial charge on any atom is -0.337 e. The molecule has 0 fully saturated rings. The summed E-state index contributed by atoms with van der Waals surface area (Å²) in [5, 5.41) is 5.59. The quantitative estimate of drug-likeness (QED) is 0.539. The Hall–Kier alpha value is -2.08. The average molecular weight is 425 g/mol. The molecule has 1 heterocycles.